The summed E-state index contributed by atoms with van der Waals surface area (Å²) in [6, 6.07) is -1.33. The highest BCUT2D eigenvalue weighted by Crippen LogP contribution is 2.32. The quantitative estimate of drug-likeness (QED) is 0.263. The number of methoxy groups -OCH3 is 1. The summed E-state index contributed by atoms with van der Waals surface area (Å²) < 4.78 is 10.0. The van der Waals surface area contributed by atoms with Crippen molar-refractivity contribution in [3.05, 3.63) is 0 Å². The zero-order valence-corrected chi connectivity index (χ0v) is 14.5. The van der Waals surface area contributed by atoms with Crippen LogP contribution in [0.1, 0.15) is 26.2 Å². The van der Waals surface area contributed by atoms with Crippen LogP contribution in [0.3, 0.4) is 0 Å². The molecule has 1 heterocycles. The summed E-state index contributed by atoms with van der Waals surface area (Å²) in [6.07, 6.45) is -7.65. The minimum atomic E-state index is -2.42. The molecule has 1 rings (SSSR count). The number of nitrogens with one attached hydrogen (secondary N) is 1. The third-order valence-electron chi connectivity index (χ3n) is 4.16. The van der Waals surface area contributed by atoms with Crippen LogP contribution in [-0.2, 0) is 23.9 Å². The van der Waals surface area contributed by atoms with Crippen LogP contribution in [0.15, 0.2) is 0 Å². The second-order valence-electron chi connectivity index (χ2n) is 6.13. The lowest BCUT2D eigenvalue weighted by molar-refractivity contribution is -0.378. The molecule has 6 atom stereocenters. The molecule has 0 aromatic carbocycles. The Morgan fingerprint density at radius 3 is 2.42 bits per heavy atom. The number of hydrogen-bond donors (Lipinski definition) is 5. The molecule has 0 spiro atoms. The molecule has 150 valence electrons. The van der Waals surface area contributed by atoms with Crippen LogP contribution in [-0.4, -0.2) is 88.0 Å². The van der Waals surface area contributed by atoms with Gasteiger partial charge in [0.2, 0.25) is 11.7 Å². The summed E-state index contributed by atoms with van der Waals surface area (Å²) in [6.45, 7) is 0.413. The Bertz CT molecular complexity index is 527. The average molecular weight is 378 g/mol. The second-order valence-corrected chi connectivity index (χ2v) is 6.13. The van der Waals surface area contributed by atoms with Crippen LogP contribution in [0, 0.1) is 0 Å². The highest BCUT2D eigenvalue weighted by Gasteiger charge is 2.52. The van der Waals surface area contributed by atoms with Crippen LogP contribution < -0.4 is 10.4 Å². The second kappa shape index (κ2) is 9.35. The number of ketones is 1. The topological polar surface area (TPSA) is 186 Å². The summed E-state index contributed by atoms with van der Waals surface area (Å²) in [5, 5.41) is 52.8. The summed E-state index contributed by atoms with van der Waals surface area (Å²) in [4.78, 5) is 34.3. The molecule has 0 aromatic heterocycles. The van der Waals surface area contributed by atoms with Crippen LogP contribution in [0.2, 0.25) is 0 Å². The van der Waals surface area contributed by atoms with E-state index < -0.39 is 61.1 Å². The van der Waals surface area contributed by atoms with Crippen LogP contribution in [0.5, 0.6) is 0 Å². The molecule has 0 saturated carbocycles. The molecule has 5 N–H and O–H groups in total. The summed E-state index contributed by atoms with van der Waals surface area (Å²) in [7, 11) is 0.986. The predicted molar refractivity (Wildman–Crippen MR) is 81.2 cm³/mol. The number of carbonyl (C=O) groups is 3. The molecule has 1 aliphatic rings. The van der Waals surface area contributed by atoms with Crippen molar-refractivity contribution in [2.75, 3.05) is 13.7 Å². The Hall–Kier alpha value is -1.63. The van der Waals surface area contributed by atoms with Crippen LogP contribution in [0.4, 0.5) is 0 Å². The number of aliphatic carboxylic acids is 1. The maximum Gasteiger partial charge on any atom is 0.220 e. The van der Waals surface area contributed by atoms with E-state index in [4.69, 9.17) is 14.6 Å². The summed E-state index contributed by atoms with van der Waals surface area (Å²) >= 11 is 0. The van der Waals surface area contributed by atoms with Gasteiger partial charge in [-0.15, -0.1) is 0 Å². The minimum absolute atomic E-state index is 0.0525. The molecule has 0 bridgehead atoms. The van der Waals surface area contributed by atoms with E-state index in [0.717, 1.165) is 7.11 Å². The van der Waals surface area contributed by atoms with Crippen molar-refractivity contribution in [1.82, 2.24) is 5.32 Å². The van der Waals surface area contributed by atoms with Gasteiger partial charge in [-0.05, 0) is 6.92 Å². The van der Waals surface area contributed by atoms with Gasteiger partial charge in [-0.25, -0.2) is 0 Å². The fourth-order valence-corrected chi connectivity index (χ4v) is 2.64. The van der Waals surface area contributed by atoms with Gasteiger partial charge in [0.05, 0.1) is 18.8 Å². The first-order valence-electron chi connectivity index (χ1n) is 7.96. The van der Waals surface area contributed by atoms with Gasteiger partial charge in [0, 0.05) is 26.4 Å². The molecule has 0 radical (unpaired) electrons. The number of carbonyl (C=O) groups excluding carboxylic acids is 3. The molecule has 1 aliphatic heterocycles. The smallest absolute Gasteiger partial charge is 0.220 e. The first kappa shape index (κ1) is 22.4. The van der Waals surface area contributed by atoms with E-state index in [2.05, 4.69) is 5.32 Å². The van der Waals surface area contributed by atoms with Crippen molar-refractivity contribution < 1.29 is 49.4 Å². The average Bonchev–Trinajstić information content (AvgIpc) is 2.59. The van der Waals surface area contributed by atoms with Gasteiger partial charge in [0.15, 0.2) is 0 Å². The third kappa shape index (κ3) is 5.19. The molecule has 11 heteroatoms. The normalized spacial score (nSPS) is 31.1. The number of rotatable bonds is 9. The fraction of sp³-hybridized carbons (Fsp3) is 0.800. The van der Waals surface area contributed by atoms with Gasteiger partial charge in [-0.1, -0.05) is 0 Å². The number of Topliss-reactive ketones (excluding diaryl/α,β-unsaturated/α-hetero) is 1. The SMILES string of the molecule is CO[C@]1(C(=O)[O-])C[C@@H](O)[C@@H](NC(=O)CCC(C)=O)C([C@H](O)[C@H](O)CO)O1. The lowest BCUT2D eigenvalue weighted by atomic mass is 9.88. The van der Waals surface area contributed by atoms with Gasteiger partial charge in [-0.3, -0.25) is 4.79 Å². The van der Waals surface area contributed by atoms with Gasteiger partial charge >= 0.3 is 0 Å². The third-order valence-corrected chi connectivity index (χ3v) is 4.16. The molecule has 1 amide bonds. The Balaban J connectivity index is 3.06. The number of aliphatic hydroxyl groups is 4. The first-order valence-corrected chi connectivity index (χ1v) is 7.96. The van der Waals surface area contributed by atoms with Crippen molar-refractivity contribution >= 4 is 17.7 Å². The fourth-order valence-electron chi connectivity index (χ4n) is 2.64. The number of ether oxygens (including phenoxy) is 2. The van der Waals surface area contributed by atoms with E-state index in [1.807, 2.05) is 0 Å². The van der Waals surface area contributed by atoms with Gasteiger partial charge in [0.1, 0.15) is 30.1 Å². The number of carboxylic acid groups (broad SMARTS) is 1. The maximum absolute atomic E-state index is 12.0. The molecule has 1 fully saturated rings. The number of carboxylic acids is 1. The van der Waals surface area contributed by atoms with Crippen molar-refractivity contribution in [3.8, 4) is 0 Å². The first-order chi connectivity index (χ1) is 12.1. The monoisotopic (exact) mass is 378 g/mol. The summed E-state index contributed by atoms with van der Waals surface area (Å²) in [5.74, 6) is -5.12. The zero-order valence-electron chi connectivity index (χ0n) is 14.5. The lowest BCUT2D eigenvalue weighted by Gasteiger charge is -2.48. The highest BCUT2D eigenvalue weighted by atomic mass is 16.7. The number of amides is 1. The molecule has 0 aromatic rings. The van der Waals surface area contributed by atoms with Crippen LogP contribution in [0.25, 0.3) is 0 Å². The van der Waals surface area contributed by atoms with Crippen molar-refractivity contribution in [2.45, 2.75) is 62.4 Å². The molecule has 0 aliphatic carbocycles. The standard InChI is InChI=1S/C15H25NO10/c1-7(18)3-4-10(21)16-11-8(19)5-15(25-2,14(23)24)26-13(11)12(22)9(20)6-17/h8-9,11-13,17,19-20,22H,3-6H2,1-2H3,(H,16,21)(H,23,24)/p-1/t8-,9-,11-,12-,13?,15-/m1/s1. The van der Waals surface area contributed by atoms with Gasteiger partial charge < -0.3 is 49.9 Å². The van der Waals surface area contributed by atoms with Crippen LogP contribution >= 0.6 is 0 Å². The molecule has 11 nitrogen and oxygen atoms in total. The molecule has 26 heavy (non-hydrogen) atoms. The number of hydrogen-bond acceptors (Lipinski definition) is 10. The number of aliphatic hydroxyl groups excluding tert-OH is 4. The van der Waals surface area contributed by atoms with E-state index in [9.17, 15) is 34.8 Å². The Kier molecular flexibility index (Phi) is 8.06. The molecular formula is C15H24NO10-. The van der Waals surface area contributed by atoms with Crippen molar-refractivity contribution in [1.29, 1.82) is 0 Å². The Morgan fingerprint density at radius 2 is 1.96 bits per heavy atom. The minimum Gasteiger partial charge on any atom is -0.544 e. The Labute approximate surface area is 149 Å². The summed E-state index contributed by atoms with van der Waals surface area (Å²) in [5.41, 5.74) is 0. The largest absolute Gasteiger partial charge is 0.544 e. The van der Waals surface area contributed by atoms with Gasteiger partial charge in [-0.2, -0.15) is 0 Å². The van der Waals surface area contributed by atoms with E-state index in [1.165, 1.54) is 6.92 Å². The van der Waals surface area contributed by atoms with Gasteiger partial charge in [0.25, 0.3) is 0 Å². The predicted octanol–water partition coefficient (Wildman–Crippen LogP) is -4.20. The van der Waals surface area contributed by atoms with E-state index >= 15 is 0 Å². The van der Waals surface area contributed by atoms with E-state index in [0.29, 0.717) is 0 Å². The van der Waals surface area contributed by atoms with E-state index in [-0.39, 0.29) is 18.6 Å². The highest BCUT2D eigenvalue weighted by molar-refractivity contribution is 5.83. The van der Waals surface area contributed by atoms with E-state index in [1.54, 1.807) is 0 Å². The molecule has 1 saturated heterocycles. The Morgan fingerprint density at radius 1 is 1.35 bits per heavy atom. The molecule has 1 unspecified atom stereocenters. The lowest BCUT2D eigenvalue weighted by Crippen LogP contribution is -2.69. The van der Waals surface area contributed by atoms with Crippen molar-refractivity contribution in [3.63, 3.8) is 0 Å². The zero-order chi connectivity index (χ0) is 20.1. The van der Waals surface area contributed by atoms with Crippen molar-refractivity contribution in [2.24, 2.45) is 0 Å². The maximum atomic E-state index is 12.0. The molecular weight excluding hydrogens is 354 g/mol.